The van der Waals surface area contributed by atoms with Crippen molar-refractivity contribution < 1.29 is 9.53 Å². The number of nitrogens with zero attached hydrogens (tertiary/aromatic N) is 2. The molecule has 1 atom stereocenters. The average molecular weight is 272 g/mol. The molecular formula is C16H20N2O2. The van der Waals surface area contributed by atoms with Crippen molar-refractivity contribution >= 4 is 5.97 Å². The molecule has 4 nitrogen and oxygen atoms in total. The number of rotatable bonds is 6. The molecule has 0 radical (unpaired) electrons. The van der Waals surface area contributed by atoms with Crippen LogP contribution in [0.1, 0.15) is 32.2 Å². The average Bonchev–Trinajstić information content (AvgIpc) is 2.98. The number of esters is 1. The molecule has 1 heterocycles. The van der Waals surface area contributed by atoms with Crippen molar-refractivity contribution in [3.8, 4) is 11.1 Å². The van der Waals surface area contributed by atoms with E-state index in [2.05, 4.69) is 12.0 Å². The first kappa shape index (κ1) is 14.3. The second kappa shape index (κ2) is 6.89. The third kappa shape index (κ3) is 3.26. The summed E-state index contributed by atoms with van der Waals surface area (Å²) in [5.41, 5.74) is 2.11. The number of unbranched alkanes of at least 4 members (excludes halogenated alkanes) is 1. The standard InChI is InChI=1S/C16H20N2O2/c1-3-4-10-15(16(19)20-2)18-12-14(11-17-18)13-8-6-5-7-9-13/h5-9,11-12,15H,3-4,10H2,1-2H3. The van der Waals surface area contributed by atoms with Gasteiger partial charge in [0, 0.05) is 11.8 Å². The maximum atomic E-state index is 11.9. The summed E-state index contributed by atoms with van der Waals surface area (Å²) in [4.78, 5) is 11.9. The Bertz CT molecular complexity index is 549. The largest absolute Gasteiger partial charge is 0.467 e. The molecule has 2 rings (SSSR count). The van der Waals surface area contributed by atoms with Crippen LogP contribution in [0.2, 0.25) is 0 Å². The van der Waals surface area contributed by atoms with Gasteiger partial charge in [-0.15, -0.1) is 0 Å². The maximum absolute atomic E-state index is 11.9. The lowest BCUT2D eigenvalue weighted by Gasteiger charge is -2.14. The van der Waals surface area contributed by atoms with Crippen LogP contribution in [0, 0.1) is 0 Å². The maximum Gasteiger partial charge on any atom is 0.330 e. The number of benzene rings is 1. The number of ether oxygens (including phenoxy) is 1. The first-order chi connectivity index (χ1) is 9.76. The molecule has 1 aromatic heterocycles. The van der Waals surface area contributed by atoms with Gasteiger partial charge in [0.05, 0.1) is 13.3 Å². The number of aromatic nitrogens is 2. The van der Waals surface area contributed by atoms with Gasteiger partial charge >= 0.3 is 5.97 Å². The van der Waals surface area contributed by atoms with Crippen molar-refractivity contribution in [3.63, 3.8) is 0 Å². The van der Waals surface area contributed by atoms with E-state index in [1.165, 1.54) is 7.11 Å². The van der Waals surface area contributed by atoms with Crippen LogP contribution in [0.15, 0.2) is 42.7 Å². The molecule has 0 spiro atoms. The van der Waals surface area contributed by atoms with Gasteiger partial charge < -0.3 is 4.74 Å². The highest BCUT2D eigenvalue weighted by molar-refractivity contribution is 5.74. The lowest BCUT2D eigenvalue weighted by atomic mass is 10.1. The minimum absolute atomic E-state index is 0.235. The molecule has 20 heavy (non-hydrogen) atoms. The number of hydrogen-bond acceptors (Lipinski definition) is 3. The molecule has 1 aromatic carbocycles. The summed E-state index contributed by atoms with van der Waals surface area (Å²) in [5.74, 6) is -0.235. The summed E-state index contributed by atoms with van der Waals surface area (Å²) < 4.78 is 6.59. The zero-order valence-electron chi connectivity index (χ0n) is 12.0. The SMILES string of the molecule is CCCCC(C(=O)OC)n1cc(-c2ccccc2)cn1. The smallest absolute Gasteiger partial charge is 0.330 e. The van der Waals surface area contributed by atoms with Crippen LogP contribution in [0.5, 0.6) is 0 Å². The molecule has 0 N–H and O–H groups in total. The van der Waals surface area contributed by atoms with Gasteiger partial charge in [-0.1, -0.05) is 50.1 Å². The van der Waals surface area contributed by atoms with Gasteiger partial charge in [-0.2, -0.15) is 5.10 Å². The van der Waals surface area contributed by atoms with Crippen molar-refractivity contribution in [2.24, 2.45) is 0 Å². The van der Waals surface area contributed by atoms with E-state index >= 15 is 0 Å². The van der Waals surface area contributed by atoms with Crippen molar-refractivity contribution in [3.05, 3.63) is 42.7 Å². The van der Waals surface area contributed by atoms with E-state index in [1.807, 2.05) is 36.5 Å². The van der Waals surface area contributed by atoms with Gasteiger partial charge in [-0.3, -0.25) is 4.68 Å². The van der Waals surface area contributed by atoms with Gasteiger partial charge in [-0.25, -0.2) is 4.79 Å². The zero-order valence-corrected chi connectivity index (χ0v) is 12.0. The first-order valence-electron chi connectivity index (χ1n) is 6.93. The second-order valence-corrected chi connectivity index (χ2v) is 4.76. The summed E-state index contributed by atoms with van der Waals surface area (Å²) in [6.45, 7) is 2.10. The summed E-state index contributed by atoms with van der Waals surface area (Å²) >= 11 is 0. The Balaban J connectivity index is 2.22. The van der Waals surface area contributed by atoms with Crippen molar-refractivity contribution in [1.29, 1.82) is 0 Å². The van der Waals surface area contributed by atoms with Crippen LogP contribution < -0.4 is 0 Å². The van der Waals surface area contributed by atoms with Crippen molar-refractivity contribution in [1.82, 2.24) is 9.78 Å². The molecule has 0 fully saturated rings. The molecule has 0 amide bonds. The highest BCUT2D eigenvalue weighted by Crippen LogP contribution is 2.22. The Morgan fingerprint density at radius 1 is 1.30 bits per heavy atom. The van der Waals surface area contributed by atoms with Gasteiger partial charge in [0.1, 0.15) is 6.04 Å². The number of methoxy groups -OCH3 is 1. The lowest BCUT2D eigenvalue weighted by molar-refractivity contribution is -0.145. The van der Waals surface area contributed by atoms with Crippen LogP contribution >= 0.6 is 0 Å². The van der Waals surface area contributed by atoms with Crippen LogP contribution in [-0.4, -0.2) is 22.9 Å². The lowest BCUT2D eigenvalue weighted by Crippen LogP contribution is -2.21. The molecule has 0 aliphatic carbocycles. The zero-order chi connectivity index (χ0) is 14.4. The Morgan fingerprint density at radius 2 is 2.05 bits per heavy atom. The quantitative estimate of drug-likeness (QED) is 0.756. The number of carbonyl (C=O) groups is 1. The summed E-state index contributed by atoms with van der Waals surface area (Å²) in [6, 6.07) is 9.67. The van der Waals surface area contributed by atoms with E-state index in [-0.39, 0.29) is 12.0 Å². The monoisotopic (exact) mass is 272 g/mol. The Kier molecular flexibility index (Phi) is 4.93. The number of carbonyl (C=O) groups excluding carboxylic acids is 1. The van der Waals surface area contributed by atoms with E-state index in [9.17, 15) is 4.79 Å². The predicted molar refractivity (Wildman–Crippen MR) is 78.2 cm³/mol. The third-order valence-corrected chi connectivity index (χ3v) is 3.33. The van der Waals surface area contributed by atoms with Gasteiger partial charge in [-0.05, 0) is 12.0 Å². The fraction of sp³-hybridized carbons (Fsp3) is 0.375. The minimum atomic E-state index is -0.336. The highest BCUT2D eigenvalue weighted by Gasteiger charge is 2.21. The molecule has 1 unspecified atom stereocenters. The molecule has 0 aliphatic heterocycles. The van der Waals surface area contributed by atoms with Crippen LogP contribution in [-0.2, 0) is 9.53 Å². The summed E-state index contributed by atoms with van der Waals surface area (Å²) in [7, 11) is 1.42. The van der Waals surface area contributed by atoms with Crippen LogP contribution in [0.4, 0.5) is 0 Å². The normalized spacial score (nSPS) is 12.1. The van der Waals surface area contributed by atoms with Gasteiger partial charge in [0.2, 0.25) is 0 Å². The number of hydrogen-bond donors (Lipinski definition) is 0. The molecule has 4 heteroatoms. The Labute approximate surface area is 119 Å². The topological polar surface area (TPSA) is 44.1 Å². The summed E-state index contributed by atoms with van der Waals surface area (Å²) in [6.07, 6.45) is 6.46. The molecule has 106 valence electrons. The molecular weight excluding hydrogens is 252 g/mol. The molecule has 0 saturated heterocycles. The van der Waals surface area contributed by atoms with E-state index in [0.717, 1.165) is 30.4 Å². The fourth-order valence-electron chi connectivity index (χ4n) is 2.18. The Hall–Kier alpha value is -2.10. The second-order valence-electron chi connectivity index (χ2n) is 4.76. The van der Waals surface area contributed by atoms with Crippen molar-refractivity contribution in [2.45, 2.75) is 32.2 Å². The van der Waals surface area contributed by atoms with Gasteiger partial charge in [0.15, 0.2) is 0 Å². The molecule has 2 aromatic rings. The predicted octanol–water partition coefficient (Wildman–Crippen LogP) is 3.45. The van der Waals surface area contributed by atoms with Crippen molar-refractivity contribution in [2.75, 3.05) is 7.11 Å². The molecule has 0 bridgehead atoms. The van der Waals surface area contributed by atoms with Gasteiger partial charge in [0.25, 0.3) is 0 Å². The molecule has 0 saturated carbocycles. The molecule has 0 aliphatic rings. The fourth-order valence-corrected chi connectivity index (χ4v) is 2.18. The third-order valence-electron chi connectivity index (χ3n) is 3.33. The summed E-state index contributed by atoms with van der Waals surface area (Å²) in [5, 5.41) is 4.33. The van der Waals surface area contributed by atoms with Crippen LogP contribution in [0.3, 0.4) is 0 Å². The first-order valence-corrected chi connectivity index (χ1v) is 6.93. The highest BCUT2D eigenvalue weighted by atomic mass is 16.5. The van der Waals surface area contributed by atoms with E-state index in [4.69, 9.17) is 4.74 Å². The van der Waals surface area contributed by atoms with E-state index in [1.54, 1.807) is 10.9 Å². The minimum Gasteiger partial charge on any atom is -0.467 e. The van der Waals surface area contributed by atoms with E-state index < -0.39 is 0 Å². The Morgan fingerprint density at radius 3 is 2.70 bits per heavy atom. The van der Waals surface area contributed by atoms with E-state index in [0.29, 0.717) is 0 Å². The van der Waals surface area contributed by atoms with Crippen LogP contribution in [0.25, 0.3) is 11.1 Å².